The number of morpholine rings is 1. The van der Waals surface area contributed by atoms with Crippen molar-refractivity contribution in [2.24, 2.45) is 0 Å². The van der Waals surface area contributed by atoms with Gasteiger partial charge in [0.1, 0.15) is 5.82 Å². The average molecular weight is 559 g/mol. The van der Waals surface area contributed by atoms with Crippen molar-refractivity contribution in [2.45, 2.75) is 31.1 Å². The number of fused-ring (bicyclic) bond motifs is 1. The maximum atomic E-state index is 13.3. The number of hydrogen-bond donors (Lipinski definition) is 0. The van der Waals surface area contributed by atoms with Gasteiger partial charge >= 0.3 is 0 Å². The zero-order valence-electron chi connectivity index (χ0n) is 19.7. The lowest BCUT2D eigenvalue weighted by Crippen LogP contribution is -2.39. The molecule has 10 heteroatoms. The van der Waals surface area contributed by atoms with E-state index in [-0.39, 0.29) is 24.1 Å². The number of ether oxygens (including phenoxy) is 1. The fourth-order valence-electron chi connectivity index (χ4n) is 3.89. The lowest BCUT2D eigenvalue weighted by atomic mass is 10.2. The van der Waals surface area contributed by atoms with Crippen molar-refractivity contribution in [3.8, 4) is 0 Å². The third-order valence-electron chi connectivity index (χ3n) is 5.80. The van der Waals surface area contributed by atoms with Gasteiger partial charge < -0.3 is 4.74 Å². The van der Waals surface area contributed by atoms with Gasteiger partial charge in [0, 0.05) is 37.5 Å². The van der Waals surface area contributed by atoms with E-state index in [1.807, 2.05) is 24.0 Å². The van der Waals surface area contributed by atoms with Crippen LogP contribution in [0, 0.1) is 12.7 Å². The molecule has 1 amide bonds. The van der Waals surface area contributed by atoms with Crippen molar-refractivity contribution < 1.29 is 13.9 Å². The number of halogens is 3. The lowest BCUT2D eigenvalue weighted by molar-refractivity contribution is -0.118. The van der Waals surface area contributed by atoms with Crippen LogP contribution < -0.4 is 4.90 Å². The van der Waals surface area contributed by atoms with Gasteiger partial charge in [0.2, 0.25) is 5.91 Å². The van der Waals surface area contributed by atoms with E-state index >= 15 is 0 Å². The van der Waals surface area contributed by atoms with Crippen LogP contribution in [0.4, 0.5) is 9.52 Å². The fraction of sp³-hybridized carbons (Fsp3) is 0.440. The van der Waals surface area contributed by atoms with Crippen LogP contribution >= 0.6 is 47.1 Å². The second-order valence-electron chi connectivity index (χ2n) is 8.30. The predicted molar refractivity (Wildman–Crippen MR) is 147 cm³/mol. The third kappa shape index (κ3) is 7.78. The smallest absolute Gasteiger partial charge is 0.228 e. The molecule has 1 fully saturated rings. The molecule has 35 heavy (non-hydrogen) atoms. The zero-order valence-corrected chi connectivity index (χ0v) is 22.9. The summed E-state index contributed by atoms with van der Waals surface area (Å²) in [7, 11) is 0. The first-order chi connectivity index (χ1) is 16.5. The second kappa shape index (κ2) is 13.8. The molecule has 190 valence electrons. The summed E-state index contributed by atoms with van der Waals surface area (Å²) in [6.07, 6.45) is 2.05. The number of aromatic nitrogens is 1. The molecule has 0 N–H and O–H groups in total. The number of aryl methyl sites for hydroxylation is 1. The maximum absolute atomic E-state index is 13.3. The highest BCUT2D eigenvalue weighted by Gasteiger charge is 2.21. The molecule has 0 spiro atoms. The molecule has 4 rings (SSSR count). The Morgan fingerprint density at radius 2 is 1.94 bits per heavy atom. The largest absolute Gasteiger partial charge is 0.379 e. The Hall–Kier alpha value is -1.42. The van der Waals surface area contributed by atoms with Gasteiger partial charge in [-0.3, -0.25) is 14.6 Å². The van der Waals surface area contributed by atoms with Crippen molar-refractivity contribution in [1.29, 1.82) is 0 Å². The minimum absolute atomic E-state index is 0. The van der Waals surface area contributed by atoms with Gasteiger partial charge in [0.05, 0.1) is 28.5 Å². The Kier molecular flexibility index (Phi) is 11.1. The van der Waals surface area contributed by atoms with Gasteiger partial charge in [-0.2, -0.15) is 0 Å². The van der Waals surface area contributed by atoms with Crippen LogP contribution in [0.2, 0.25) is 5.02 Å². The number of carbonyl (C=O) groups excluding carboxylic acids is 1. The van der Waals surface area contributed by atoms with Gasteiger partial charge in [-0.25, -0.2) is 9.37 Å². The molecule has 1 saturated heterocycles. The van der Waals surface area contributed by atoms with Crippen molar-refractivity contribution in [3.63, 3.8) is 0 Å². The molecular formula is C25H30Cl2FN3O2S2. The Balaban J connectivity index is 0.00000342. The van der Waals surface area contributed by atoms with E-state index in [1.165, 1.54) is 23.5 Å². The summed E-state index contributed by atoms with van der Waals surface area (Å²) in [6, 6.07) is 10.3. The first kappa shape index (κ1) is 28.2. The highest BCUT2D eigenvalue weighted by Crippen LogP contribution is 2.36. The third-order valence-corrected chi connectivity index (χ3v) is 8.43. The van der Waals surface area contributed by atoms with Gasteiger partial charge in [-0.05, 0) is 61.4 Å². The monoisotopic (exact) mass is 557 g/mol. The summed E-state index contributed by atoms with van der Waals surface area (Å²) < 4.78 is 19.5. The standard InChI is InChI=1S/C25H29ClFN3O2S2.ClH/c1-18-5-10-21(26)24-23(18)28-25(34-24)30(12-3-11-29-13-15-32-16-14-29)22(31)4-2-17-33-20-8-6-19(27)7-9-20;/h5-10H,2-4,11-17H2,1H3;1H. The van der Waals surface area contributed by atoms with Gasteiger partial charge in [-0.15, -0.1) is 24.2 Å². The molecule has 2 aromatic carbocycles. The van der Waals surface area contributed by atoms with Crippen molar-refractivity contribution in [2.75, 3.05) is 50.0 Å². The summed E-state index contributed by atoms with van der Waals surface area (Å²) in [5.41, 5.74) is 1.92. The van der Waals surface area contributed by atoms with Crippen LogP contribution in [0.1, 0.15) is 24.8 Å². The normalized spacial score (nSPS) is 14.1. The minimum Gasteiger partial charge on any atom is -0.379 e. The molecule has 2 heterocycles. The van der Waals surface area contributed by atoms with Crippen LogP contribution in [0.25, 0.3) is 10.2 Å². The first-order valence-corrected chi connectivity index (χ1v) is 13.7. The second-order valence-corrected chi connectivity index (χ2v) is 10.9. The summed E-state index contributed by atoms with van der Waals surface area (Å²) in [5.74, 6) is 0.636. The van der Waals surface area contributed by atoms with E-state index in [4.69, 9.17) is 21.3 Å². The Morgan fingerprint density at radius 1 is 1.20 bits per heavy atom. The Morgan fingerprint density at radius 3 is 2.66 bits per heavy atom. The number of anilines is 1. The van der Waals surface area contributed by atoms with Crippen molar-refractivity contribution in [1.82, 2.24) is 9.88 Å². The molecule has 1 aromatic heterocycles. The molecule has 0 atom stereocenters. The number of benzene rings is 2. The number of hydrogen-bond acceptors (Lipinski definition) is 6. The fourth-order valence-corrected chi connectivity index (χ4v) is 6.10. The summed E-state index contributed by atoms with van der Waals surface area (Å²) in [6.45, 7) is 6.97. The highest BCUT2D eigenvalue weighted by molar-refractivity contribution is 7.99. The molecular weight excluding hydrogens is 528 g/mol. The SMILES string of the molecule is Cc1ccc(Cl)c2sc(N(CCCN3CCOCC3)C(=O)CCCSc3ccc(F)cc3)nc12.Cl. The van der Waals surface area contributed by atoms with E-state index in [2.05, 4.69) is 4.90 Å². The van der Waals surface area contributed by atoms with Crippen molar-refractivity contribution in [3.05, 3.63) is 52.8 Å². The van der Waals surface area contributed by atoms with E-state index < -0.39 is 0 Å². The molecule has 0 unspecified atom stereocenters. The molecule has 0 saturated carbocycles. The zero-order chi connectivity index (χ0) is 23.9. The first-order valence-electron chi connectivity index (χ1n) is 11.6. The van der Waals surface area contributed by atoms with Crippen LogP contribution in [0.15, 0.2) is 41.3 Å². The van der Waals surface area contributed by atoms with E-state index in [1.54, 1.807) is 23.9 Å². The molecule has 0 radical (unpaired) electrons. The van der Waals surface area contributed by atoms with Gasteiger partial charge in [0.25, 0.3) is 0 Å². The topological polar surface area (TPSA) is 45.7 Å². The van der Waals surface area contributed by atoms with Gasteiger partial charge in [0.15, 0.2) is 5.13 Å². The van der Waals surface area contributed by atoms with E-state index in [9.17, 15) is 9.18 Å². The van der Waals surface area contributed by atoms with E-state index in [0.717, 1.165) is 72.1 Å². The summed E-state index contributed by atoms with van der Waals surface area (Å²) in [4.78, 5) is 23.3. The maximum Gasteiger partial charge on any atom is 0.228 e. The van der Waals surface area contributed by atoms with Crippen LogP contribution in [0.5, 0.6) is 0 Å². The minimum atomic E-state index is -0.238. The Labute approximate surface area is 225 Å². The molecule has 0 aliphatic carbocycles. The number of carbonyl (C=O) groups is 1. The number of amides is 1. The average Bonchev–Trinajstić information content (AvgIpc) is 3.30. The molecule has 3 aromatic rings. The number of nitrogens with zero attached hydrogens (tertiary/aromatic N) is 3. The number of thiazole rings is 1. The highest BCUT2D eigenvalue weighted by atomic mass is 35.5. The van der Waals surface area contributed by atoms with Crippen LogP contribution in [0.3, 0.4) is 0 Å². The van der Waals surface area contributed by atoms with Crippen LogP contribution in [-0.4, -0.2) is 60.9 Å². The van der Waals surface area contributed by atoms with Gasteiger partial charge in [-0.1, -0.05) is 29.0 Å². The lowest BCUT2D eigenvalue weighted by Gasteiger charge is -2.27. The van der Waals surface area contributed by atoms with Crippen molar-refractivity contribution >= 4 is 68.4 Å². The predicted octanol–water partition coefficient (Wildman–Crippen LogP) is 6.45. The Bertz CT molecular complexity index is 1070. The summed E-state index contributed by atoms with van der Waals surface area (Å²) in [5, 5.41) is 1.38. The van der Waals surface area contributed by atoms with E-state index in [0.29, 0.717) is 23.1 Å². The molecule has 0 bridgehead atoms. The molecule has 1 aliphatic rings. The summed E-state index contributed by atoms with van der Waals surface area (Å²) >= 11 is 9.55. The number of rotatable bonds is 10. The van der Waals surface area contributed by atoms with Crippen LogP contribution in [-0.2, 0) is 9.53 Å². The molecule has 5 nitrogen and oxygen atoms in total. The number of thioether (sulfide) groups is 1. The molecule has 1 aliphatic heterocycles. The quantitative estimate of drug-likeness (QED) is 0.212.